The van der Waals surface area contributed by atoms with Gasteiger partial charge in [0.05, 0.1) is 5.92 Å². The smallest absolute Gasteiger partial charge is 0.291 e. The zero-order chi connectivity index (χ0) is 16.1. The average Bonchev–Trinajstić information content (AvgIpc) is 2.62. The number of nitrogens with zero attached hydrogens (tertiary/aromatic N) is 2. The van der Waals surface area contributed by atoms with Gasteiger partial charge in [-0.1, -0.05) is 29.8 Å². The largest absolute Gasteiger partial charge is 0.345 e. The molecule has 1 aromatic carbocycles. The second-order valence-electron chi connectivity index (χ2n) is 6.21. The number of benzene rings is 1. The predicted molar refractivity (Wildman–Crippen MR) is 76.8 cm³/mol. The third-order valence-corrected chi connectivity index (χ3v) is 5.11. The first-order valence-corrected chi connectivity index (χ1v) is 7.28. The second-order valence-corrected chi connectivity index (χ2v) is 6.21. The van der Waals surface area contributed by atoms with E-state index in [0.29, 0.717) is 18.4 Å². The molecule has 1 aromatic rings. The second kappa shape index (κ2) is 4.86. The van der Waals surface area contributed by atoms with Gasteiger partial charge in [-0.2, -0.15) is 0 Å². The molecule has 2 aliphatic rings. The lowest BCUT2D eigenvalue weighted by Crippen LogP contribution is -2.55. The van der Waals surface area contributed by atoms with Crippen LogP contribution in [-0.2, 0) is 4.79 Å². The number of fused-ring (bicyclic) bond motifs is 2. The van der Waals surface area contributed by atoms with Crippen LogP contribution in [0.5, 0.6) is 0 Å². The van der Waals surface area contributed by atoms with Crippen LogP contribution in [0.25, 0.3) is 0 Å². The Morgan fingerprint density at radius 2 is 1.82 bits per heavy atom. The third kappa shape index (κ3) is 1.77. The molecule has 0 radical (unpaired) electrons. The summed E-state index contributed by atoms with van der Waals surface area (Å²) in [5.74, 6) is -1.90. The van der Waals surface area contributed by atoms with Crippen molar-refractivity contribution in [2.45, 2.75) is 43.7 Å². The molecule has 7 nitrogen and oxygen atoms in total. The molecular formula is C15H16N2O5. The summed E-state index contributed by atoms with van der Waals surface area (Å²) in [7, 11) is 0. The van der Waals surface area contributed by atoms with Gasteiger partial charge in [-0.05, 0) is 25.3 Å². The molecule has 0 amide bonds. The Hall–Kier alpha value is -2.31. The van der Waals surface area contributed by atoms with E-state index in [2.05, 4.69) is 0 Å². The predicted octanol–water partition coefficient (Wildman–Crippen LogP) is 2.12. The van der Waals surface area contributed by atoms with E-state index in [1.165, 1.54) is 0 Å². The van der Waals surface area contributed by atoms with Gasteiger partial charge in [0, 0.05) is 22.2 Å². The van der Waals surface area contributed by atoms with Crippen molar-refractivity contribution in [3.63, 3.8) is 0 Å². The summed E-state index contributed by atoms with van der Waals surface area (Å²) in [6.45, 7) is 1.89. The maximum Gasteiger partial charge on any atom is 0.345 e. The Labute approximate surface area is 126 Å². The average molecular weight is 304 g/mol. The molecule has 0 saturated heterocycles. The van der Waals surface area contributed by atoms with Gasteiger partial charge >= 0.3 is 5.54 Å². The molecule has 0 spiro atoms. The molecular weight excluding hydrogens is 288 g/mol. The Bertz CT molecular complexity index is 656. The fourth-order valence-electron chi connectivity index (χ4n) is 4.12. The lowest BCUT2D eigenvalue weighted by Gasteiger charge is -2.23. The molecule has 4 atom stereocenters. The maximum absolute atomic E-state index is 12.6. The van der Waals surface area contributed by atoms with E-state index in [4.69, 9.17) is 0 Å². The van der Waals surface area contributed by atoms with E-state index in [1.807, 2.05) is 19.1 Å². The normalized spacial score (nSPS) is 33.7. The van der Waals surface area contributed by atoms with E-state index >= 15 is 0 Å². The highest BCUT2D eigenvalue weighted by molar-refractivity contribution is 5.94. The quantitative estimate of drug-likeness (QED) is 0.628. The zero-order valence-electron chi connectivity index (χ0n) is 12.1. The number of hydrogen-bond donors (Lipinski definition) is 0. The van der Waals surface area contributed by atoms with Crippen LogP contribution in [-0.4, -0.2) is 27.2 Å². The van der Waals surface area contributed by atoms with Gasteiger partial charge in [0.1, 0.15) is 0 Å². The van der Waals surface area contributed by atoms with E-state index in [-0.39, 0.29) is 6.42 Å². The maximum atomic E-state index is 12.6. The van der Waals surface area contributed by atoms with Crippen molar-refractivity contribution in [1.29, 1.82) is 0 Å². The van der Waals surface area contributed by atoms with Crippen LogP contribution >= 0.6 is 0 Å². The molecule has 2 fully saturated rings. The Morgan fingerprint density at radius 3 is 2.36 bits per heavy atom. The first-order valence-electron chi connectivity index (χ1n) is 7.28. The number of carbonyl (C=O) groups is 1. The van der Waals surface area contributed by atoms with Crippen molar-refractivity contribution >= 4 is 5.78 Å². The van der Waals surface area contributed by atoms with Crippen LogP contribution in [0.2, 0.25) is 0 Å². The Kier molecular flexibility index (Phi) is 3.23. The van der Waals surface area contributed by atoms with Crippen LogP contribution < -0.4 is 0 Å². The Morgan fingerprint density at radius 1 is 1.18 bits per heavy atom. The molecule has 0 aliphatic heterocycles. The van der Waals surface area contributed by atoms with Crippen molar-refractivity contribution < 1.29 is 14.6 Å². The monoisotopic (exact) mass is 304 g/mol. The molecule has 2 bridgehead atoms. The number of nitro groups is 2. The molecule has 7 heteroatoms. The molecule has 2 aliphatic carbocycles. The molecule has 116 valence electrons. The fourth-order valence-corrected chi connectivity index (χ4v) is 4.12. The molecule has 3 rings (SSSR count). The summed E-state index contributed by atoms with van der Waals surface area (Å²) in [4.78, 5) is 34.4. The third-order valence-electron chi connectivity index (χ3n) is 5.11. The number of ketones is 1. The van der Waals surface area contributed by atoms with Gasteiger partial charge in [0.25, 0.3) is 6.04 Å². The molecule has 2 saturated carbocycles. The van der Waals surface area contributed by atoms with Gasteiger partial charge in [-0.3, -0.25) is 25.0 Å². The molecule has 1 unspecified atom stereocenters. The summed E-state index contributed by atoms with van der Waals surface area (Å²) in [5, 5.41) is 23.2. The van der Waals surface area contributed by atoms with E-state index in [9.17, 15) is 25.0 Å². The van der Waals surface area contributed by atoms with Crippen LogP contribution in [0.3, 0.4) is 0 Å². The highest BCUT2D eigenvalue weighted by Gasteiger charge is 2.76. The van der Waals surface area contributed by atoms with Crippen molar-refractivity contribution in [2.75, 3.05) is 0 Å². The highest BCUT2D eigenvalue weighted by Crippen LogP contribution is 2.53. The van der Waals surface area contributed by atoms with E-state index in [1.54, 1.807) is 12.1 Å². The van der Waals surface area contributed by atoms with Crippen LogP contribution in [0.4, 0.5) is 0 Å². The van der Waals surface area contributed by atoms with Gasteiger partial charge < -0.3 is 0 Å². The Balaban J connectivity index is 2.17. The number of carbonyl (C=O) groups excluding carboxylic acids is 1. The van der Waals surface area contributed by atoms with Gasteiger partial charge in [-0.25, -0.2) is 0 Å². The van der Waals surface area contributed by atoms with Crippen LogP contribution in [0.1, 0.15) is 36.3 Å². The topological polar surface area (TPSA) is 103 Å². The molecule has 0 aromatic heterocycles. The summed E-state index contributed by atoms with van der Waals surface area (Å²) >= 11 is 0. The minimum atomic E-state index is -2.05. The summed E-state index contributed by atoms with van der Waals surface area (Å²) in [6, 6.07) is 5.65. The van der Waals surface area contributed by atoms with Crippen molar-refractivity contribution in [1.82, 2.24) is 0 Å². The van der Waals surface area contributed by atoms with Crippen molar-refractivity contribution in [3.05, 3.63) is 55.6 Å². The summed E-state index contributed by atoms with van der Waals surface area (Å²) in [5.41, 5.74) is -0.406. The lowest BCUT2D eigenvalue weighted by atomic mass is 9.80. The van der Waals surface area contributed by atoms with Crippen LogP contribution in [0.15, 0.2) is 24.3 Å². The van der Waals surface area contributed by atoms with Gasteiger partial charge in [0.2, 0.25) is 5.78 Å². The number of rotatable bonds is 3. The van der Waals surface area contributed by atoms with Crippen molar-refractivity contribution in [2.24, 2.45) is 5.92 Å². The van der Waals surface area contributed by atoms with Gasteiger partial charge in [-0.15, -0.1) is 0 Å². The lowest BCUT2D eigenvalue weighted by molar-refractivity contribution is -0.637. The minimum Gasteiger partial charge on any atom is -0.291 e. The first-order chi connectivity index (χ1) is 10.4. The van der Waals surface area contributed by atoms with E-state index < -0.39 is 39.0 Å². The van der Waals surface area contributed by atoms with E-state index in [0.717, 1.165) is 5.56 Å². The molecule has 0 N–H and O–H groups in total. The summed E-state index contributed by atoms with van der Waals surface area (Å²) < 4.78 is 0. The van der Waals surface area contributed by atoms with Crippen molar-refractivity contribution in [3.8, 4) is 0 Å². The fraction of sp³-hybridized carbons (Fsp3) is 0.533. The molecule has 22 heavy (non-hydrogen) atoms. The summed E-state index contributed by atoms with van der Waals surface area (Å²) in [6.07, 6.45) is 0.921. The van der Waals surface area contributed by atoms with Crippen LogP contribution in [0, 0.1) is 33.1 Å². The standard InChI is InChI=1S/C15H16N2O5/c1-9-4-6-10(7-5-9)12-11-3-2-8-15(14(11)18,17(21)22)13(12)16(19)20/h4-7,11-13H,2-3,8H2,1H3/t11-,12-,13?,15+/m1/s1. The zero-order valence-corrected chi connectivity index (χ0v) is 12.1. The highest BCUT2D eigenvalue weighted by atomic mass is 16.6. The molecule has 0 heterocycles. The minimum absolute atomic E-state index is 0.0384. The first kappa shape index (κ1) is 14.6. The number of aryl methyl sites for hydroxylation is 1. The number of hydrogen-bond acceptors (Lipinski definition) is 5. The SMILES string of the molecule is Cc1ccc([C@H]2C([N+](=O)[O-])[C@@]3([N+](=O)[O-])CCC[C@H]2C3=O)cc1. The number of Topliss-reactive ketones (excluding diaryl/α,β-unsaturated/α-hetero) is 1. The van der Waals surface area contributed by atoms with Gasteiger partial charge in [0.15, 0.2) is 0 Å².